The van der Waals surface area contributed by atoms with Crippen molar-refractivity contribution in [2.45, 2.75) is 26.7 Å². The van der Waals surface area contributed by atoms with E-state index in [0.29, 0.717) is 5.75 Å². The fraction of sp³-hybridized carbons (Fsp3) is 0.400. The van der Waals surface area contributed by atoms with Crippen LogP contribution in [0.5, 0.6) is 5.75 Å². The topological polar surface area (TPSA) is 20.2 Å². The van der Waals surface area contributed by atoms with E-state index < -0.39 is 0 Å². The zero-order valence-corrected chi connectivity index (χ0v) is 8.98. The van der Waals surface area contributed by atoms with E-state index in [0.717, 1.165) is 28.4 Å². The molecule has 0 fully saturated rings. The van der Waals surface area contributed by atoms with Gasteiger partial charge >= 0.3 is 0 Å². The van der Waals surface area contributed by atoms with E-state index in [1.807, 2.05) is 13.0 Å². The molecular weight excluding hydrogens is 216 g/mol. The molecule has 0 saturated carbocycles. The molecular formula is C10H13BrO. The van der Waals surface area contributed by atoms with Crippen molar-refractivity contribution in [3.05, 3.63) is 27.7 Å². The maximum atomic E-state index is 9.53. The largest absolute Gasteiger partial charge is 0.508 e. The number of aromatic hydroxyl groups is 1. The van der Waals surface area contributed by atoms with Gasteiger partial charge in [0.05, 0.1) is 0 Å². The Morgan fingerprint density at radius 1 is 1.42 bits per heavy atom. The van der Waals surface area contributed by atoms with Crippen LogP contribution in [0.15, 0.2) is 16.6 Å². The molecule has 0 aromatic heterocycles. The Labute approximate surface area is 81.6 Å². The summed E-state index contributed by atoms with van der Waals surface area (Å²) in [6.07, 6.45) is 1.99. The zero-order valence-electron chi connectivity index (χ0n) is 7.39. The Morgan fingerprint density at radius 3 is 2.67 bits per heavy atom. The molecule has 1 N–H and O–H groups in total. The fourth-order valence-electron chi connectivity index (χ4n) is 1.18. The molecule has 2 heteroatoms. The molecule has 0 aliphatic heterocycles. The zero-order chi connectivity index (χ0) is 9.14. The summed E-state index contributed by atoms with van der Waals surface area (Å²) in [5, 5.41) is 9.53. The molecule has 12 heavy (non-hydrogen) atoms. The van der Waals surface area contributed by atoms with Crippen molar-refractivity contribution in [1.82, 2.24) is 0 Å². The highest BCUT2D eigenvalue weighted by Gasteiger charge is 2.03. The van der Waals surface area contributed by atoms with Gasteiger partial charge in [0.1, 0.15) is 5.75 Å². The van der Waals surface area contributed by atoms with Crippen LogP contribution in [0.25, 0.3) is 0 Å². The molecule has 0 radical (unpaired) electrons. The minimum Gasteiger partial charge on any atom is -0.508 e. The maximum Gasteiger partial charge on any atom is 0.119 e. The lowest BCUT2D eigenvalue weighted by molar-refractivity contribution is 0.467. The third kappa shape index (κ3) is 2.01. The van der Waals surface area contributed by atoms with E-state index in [2.05, 4.69) is 22.9 Å². The van der Waals surface area contributed by atoms with Gasteiger partial charge in [-0.25, -0.2) is 0 Å². The monoisotopic (exact) mass is 228 g/mol. The van der Waals surface area contributed by atoms with Crippen LogP contribution in [0, 0.1) is 6.92 Å². The molecule has 0 unspecified atom stereocenters. The van der Waals surface area contributed by atoms with Gasteiger partial charge in [0.25, 0.3) is 0 Å². The second-order valence-electron chi connectivity index (χ2n) is 2.98. The molecule has 0 spiro atoms. The second-order valence-corrected chi connectivity index (χ2v) is 3.83. The third-order valence-electron chi connectivity index (χ3n) is 1.88. The highest BCUT2D eigenvalue weighted by Crippen LogP contribution is 2.26. The van der Waals surface area contributed by atoms with Crippen LogP contribution < -0.4 is 0 Å². The van der Waals surface area contributed by atoms with Gasteiger partial charge in [0.2, 0.25) is 0 Å². The van der Waals surface area contributed by atoms with Crippen molar-refractivity contribution < 1.29 is 5.11 Å². The van der Waals surface area contributed by atoms with Gasteiger partial charge in [0, 0.05) is 4.47 Å². The standard InChI is InChI=1S/C10H13BrO/c1-3-4-8-6-9(11)7(2)5-10(8)12/h5-6,12H,3-4H2,1-2H3. The Balaban J connectivity index is 3.05. The average molecular weight is 229 g/mol. The highest BCUT2D eigenvalue weighted by atomic mass is 79.9. The molecule has 1 rings (SSSR count). The molecule has 0 atom stereocenters. The number of hydrogen-bond donors (Lipinski definition) is 1. The molecule has 1 aromatic carbocycles. The third-order valence-corrected chi connectivity index (χ3v) is 2.73. The average Bonchev–Trinajstić information content (AvgIpc) is 2.01. The Kier molecular flexibility index (Phi) is 3.15. The number of aryl methyl sites for hydroxylation is 2. The molecule has 1 aromatic rings. The normalized spacial score (nSPS) is 10.2. The lowest BCUT2D eigenvalue weighted by atomic mass is 10.1. The summed E-state index contributed by atoms with van der Waals surface area (Å²) in [5.74, 6) is 0.414. The van der Waals surface area contributed by atoms with Gasteiger partial charge < -0.3 is 5.11 Å². The first kappa shape index (κ1) is 9.59. The maximum absolute atomic E-state index is 9.53. The highest BCUT2D eigenvalue weighted by molar-refractivity contribution is 9.10. The van der Waals surface area contributed by atoms with Gasteiger partial charge in [0.15, 0.2) is 0 Å². The van der Waals surface area contributed by atoms with Crippen molar-refractivity contribution >= 4 is 15.9 Å². The summed E-state index contributed by atoms with van der Waals surface area (Å²) in [7, 11) is 0. The fourth-order valence-corrected chi connectivity index (χ4v) is 1.57. The number of phenols is 1. The number of benzene rings is 1. The van der Waals surface area contributed by atoms with Gasteiger partial charge in [-0.1, -0.05) is 29.3 Å². The van der Waals surface area contributed by atoms with E-state index in [4.69, 9.17) is 0 Å². The lowest BCUT2D eigenvalue weighted by Gasteiger charge is -2.05. The van der Waals surface area contributed by atoms with E-state index in [-0.39, 0.29) is 0 Å². The molecule has 0 saturated heterocycles. The number of rotatable bonds is 2. The Bertz CT molecular complexity index is 281. The van der Waals surface area contributed by atoms with Crippen molar-refractivity contribution in [2.24, 2.45) is 0 Å². The van der Waals surface area contributed by atoms with E-state index in [1.54, 1.807) is 6.07 Å². The minimum absolute atomic E-state index is 0.414. The second kappa shape index (κ2) is 3.94. The minimum atomic E-state index is 0.414. The summed E-state index contributed by atoms with van der Waals surface area (Å²) >= 11 is 3.44. The molecule has 0 bridgehead atoms. The van der Waals surface area contributed by atoms with E-state index in [9.17, 15) is 5.11 Å². The van der Waals surface area contributed by atoms with Crippen molar-refractivity contribution in [3.63, 3.8) is 0 Å². The number of halogens is 1. The van der Waals surface area contributed by atoms with Gasteiger partial charge in [-0.05, 0) is 36.6 Å². The smallest absolute Gasteiger partial charge is 0.119 e. The number of phenolic OH excluding ortho intramolecular Hbond substituents is 1. The molecule has 66 valence electrons. The van der Waals surface area contributed by atoms with Crippen molar-refractivity contribution in [2.75, 3.05) is 0 Å². The number of hydrogen-bond acceptors (Lipinski definition) is 1. The van der Waals surface area contributed by atoms with Crippen LogP contribution in [-0.2, 0) is 6.42 Å². The first-order valence-electron chi connectivity index (χ1n) is 4.13. The lowest BCUT2D eigenvalue weighted by Crippen LogP contribution is -1.86. The first-order valence-corrected chi connectivity index (χ1v) is 4.92. The van der Waals surface area contributed by atoms with E-state index in [1.165, 1.54) is 0 Å². The summed E-state index contributed by atoms with van der Waals surface area (Å²) in [4.78, 5) is 0. The predicted molar refractivity (Wildman–Crippen MR) is 54.5 cm³/mol. The quantitative estimate of drug-likeness (QED) is 0.823. The molecule has 0 amide bonds. The summed E-state index contributed by atoms with van der Waals surface area (Å²) < 4.78 is 1.07. The summed E-state index contributed by atoms with van der Waals surface area (Å²) in [6, 6.07) is 3.79. The van der Waals surface area contributed by atoms with Crippen LogP contribution in [-0.4, -0.2) is 5.11 Å². The molecule has 0 heterocycles. The summed E-state index contributed by atoms with van der Waals surface area (Å²) in [6.45, 7) is 4.08. The van der Waals surface area contributed by atoms with Crippen LogP contribution >= 0.6 is 15.9 Å². The van der Waals surface area contributed by atoms with Crippen molar-refractivity contribution in [3.8, 4) is 5.75 Å². The predicted octanol–water partition coefficient (Wildman–Crippen LogP) is 3.42. The van der Waals surface area contributed by atoms with Crippen LogP contribution in [0.1, 0.15) is 24.5 Å². The Morgan fingerprint density at radius 2 is 2.08 bits per heavy atom. The molecule has 0 aliphatic carbocycles. The Hall–Kier alpha value is -0.500. The molecule has 0 aliphatic rings. The van der Waals surface area contributed by atoms with Crippen LogP contribution in [0.4, 0.5) is 0 Å². The molecule has 1 nitrogen and oxygen atoms in total. The van der Waals surface area contributed by atoms with Gasteiger partial charge in [-0.15, -0.1) is 0 Å². The summed E-state index contributed by atoms with van der Waals surface area (Å²) in [5.41, 5.74) is 2.10. The van der Waals surface area contributed by atoms with Gasteiger partial charge in [-0.3, -0.25) is 0 Å². The van der Waals surface area contributed by atoms with Crippen LogP contribution in [0.3, 0.4) is 0 Å². The van der Waals surface area contributed by atoms with Crippen LogP contribution in [0.2, 0.25) is 0 Å². The SMILES string of the molecule is CCCc1cc(Br)c(C)cc1O. The van der Waals surface area contributed by atoms with Crippen molar-refractivity contribution in [1.29, 1.82) is 0 Å². The van der Waals surface area contributed by atoms with E-state index >= 15 is 0 Å². The van der Waals surface area contributed by atoms with Gasteiger partial charge in [-0.2, -0.15) is 0 Å². The first-order chi connectivity index (χ1) is 5.65.